The Morgan fingerprint density at radius 1 is 1.22 bits per heavy atom. The van der Waals surface area contributed by atoms with Gasteiger partial charge in [-0.3, -0.25) is 0 Å². The molecule has 2 saturated heterocycles. The number of furan rings is 1. The third-order valence-electron chi connectivity index (χ3n) is 4.64. The smallest absolute Gasteiger partial charge is 0.232 e. The summed E-state index contributed by atoms with van der Waals surface area (Å²) in [5.74, 6) is 0.867. The van der Waals surface area contributed by atoms with E-state index in [1.807, 2.05) is 12.1 Å². The molecule has 2 aromatic rings. The molecule has 1 spiro atoms. The van der Waals surface area contributed by atoms with E-state index in [4.69, 9.17) is 13.9 Å². The highest BCUT2D eigenvalue weighted by atomic mass is 16.7. The zero-order valence-electron chi connectivity index (χ0n) is 10.0. The summed E-state index contributed by atoms with van der Waals surface area (Å²) in [6, 6.07) is 8.22. The van der Waals surface area contributed by atoms with E-state index in [1.54, 1.807) is 0 Å². The molecule has 0 radical (unpaired) electrons. The molecule has 0 N–H and O–H groups in total. The van der Waals surface area contributed by atoms with Crippen molar-refractivity contribution in [2.24, 2.45) is 5.92 Å². The van der Waals surface area contributed by atoms with Crippen LogP contribution in [0.5, 0.6) is 0 Å². The van der Waals surface area contributed by atoms with Gasteiger partial charge in [0.1, 0.15) is 5.58 Å². The summed E-state index contributed by atoms with van der Waals surface area (Å²) in [6.07, 6.45) is 3.58. The molecule has 3 nitrogen and oxygen atoms in total. The lowest BCUT2D eigenvalue weighted by atomic mass is 9.81. The Morgan fingerprint density at radius 2 is 2.17 bits per heavy atom. The van der Waals surface area contributed by atoms with Gasteiger partial charge in [0.25, 0.3) is 0 Å². The fourth-order valence-corrected chi connectivity index (χ4v) is 3.91. The van der Waals surface area contributed by atoms with Crippen LogP contribution in [0.3, 0.4) is 0 Å². The zero-order valence-corrected chi connectivity index (χ0v) is 10.0. The van der Waals surface area contributed by atoms with Crippen LogP contribution in [0.1, 0.15) is 36.7 Å². The van der Waals surface area contributed by atoms with E-state index in [0.717, 1.165) is 30.8 Å². The van der Waals surface area contributed by atoms with Gasteiger partial charge in [-0.2, -0.15) is 0 Å². The molecule has 1 aromatic heterocycles. The summed E-state index contributed by atoms with van der Waals surface area (Å²) in [5, 5.41) is 1.20. The van der Waals surface area contributed by atoms with Crippen LogP contribution in [0.4, 0.5) is 0 Å². The first-order valence-electron chi connectivity index (χ1n) is 6.72. The van der Waals surface area contributed by atoms with Gasteiger partial charge in [-0.1, -0.05) is 18.2 Å². The molecule has 4 heterocycles. The SMILES string of the molecule is c1ccc2c3c(oc2c1)[C@@]12OCCC[C@H]1C[C@@H]3O2. The zero-order chi connectivity index (χ0) is 11.7. The van der Waals surface area contributed by atoms with Gasteiger partial charge >= 0.3 is 0 Å². The fraction of sp³-hybridized carbons (Fsp3) is 0.467. The van der Waals surface area contributed by atoms with Gasteiger partial charge in [-0.25, -0.2) is 0 Å². The van der Waals surface area contributed by atoms with Gasteiger partial charge in [-0.05, 0) is 25.3 Å². The van der Waals surface area contributed by atoms with Crippen LogP contribution >= 0.6 is 0 Å². The molecule has 3 heteroatoms. The summed E-state index contributed by atoms with van der Waals surface area (Å²) in [4.78, 5) is 0. The number of rotatable bonds is 0. The Balaban J connectivity index is 1.82. The van der Waals surface area contributed by atoms with Crippen molar-refractivity contribution in [2.45, 2.75) is 31.2 Å². The molecule has 3 aliphatic rings. The molecule has 0 aliphatic carbocycles. The van der Waals surface area contributed by atoms with Crippen LogP contribution in [0.2, 0.25) is 0 Å². The quantitative estimate of drug-likeness (QED) is 0.708. The van der Waals surface area contributed by atoms with Crippen LogP contribution in [0.15, 0.2) is 28.7 Å². The van der Waals surface area contributed by atoms with Crippen molar-refractivity contribution in [3.8, 4) is 0 Å². The van der Waals surface area contributed by atoms with E-state index in [0.29, 0.717) is 5.92 Å². The number of hydrogen-bond donors (Lipinski definition) is 0. The van der Waals surface area contributed by atoms with Gasteiger partial charge in [0.15, 0.2) is 5.76 Å². The van der Waals surface area contributed by atoms with E-state index < -0.39 is 5.79 Å². The minimum Gasteiger partial charge on any atom is -0.455 e. The molecule has 18 heavy (non-hydrogen) atoms. The highest BCUT2D eigenvalue weighted by Gasteiger charge is 2.62. The first-order chi connectivity index (χ1) is 8.88. The molecule has 2 bridgehead atoms. The van der Waals surface area contributed by atoms with Gasteiger partial charge in [0, 0.05) is 16.9 Å². The lowest BCUT2D eigenvalue weighted by molar-refractivity contribution is -0.266. The largest absolute Gasteiger partial charge is 0.455 e. The average Bonchev–Trinajstić information content (AvgIpc) is 3.04. The first-order valence-corrected chi connectivity index (χ1v) is 6.72. The summed E-state index contributed by atoms with van der Waals surface area (Å²) in [5.41, 5.74) is 2.20. The monoisotopic (exact) mass is 242 g/mol. The Kier molecular flexibility index (Phi) is 1.59. The first kappa shape index (κ1) is 9.59. The number of benzene rings is 1. The highest BCUT2D eigenvalue weighted by Crippen LogP contribution is 2.63. The Hall–Kier alpha value is -1.32. The number of fused-ring (bicyclic) bond motifs is 5. The molecule has 1 aromatic carbocycles. The minimum absolute atomic E-state index is 0.173. The molecule has 0 amide bonds. The van der Waals surface area contributed by atoms with Crippen LogP contribution in [0.25, 0.3) is 11.0 Å². The van der Waals surface area contributed by atoms with Crippen molar-refractivity contribution in [1.82, 2.24) is 0 Å². The lowest BCUT2D eigenvalue weighted by Crippen LogP contribution is -2.38. The van der Waals surface area contributed by atoms with E-state index in [9.17, 15) is 0 Å². The maximum atomic E-state index is 6.17. The van der Waals surface area contributed by atoms with Crippen molar-refractivity contribution in [3.05, 3.63) is 35.6 Å². The molecule has 92 valence electrons. The normalized spacial score (nSPS) is 36.9. The Labute approximate surface area is 105 Å². The van der Waals surface area contributed by atoms with Crippen molar-refractivity contribution in [2.75, 3.05) is 6.61 Å². The molecule has 0 unspecified atom stereocenters. The lowest BCUT2D eigenvalue weighted by Gasteiger charge is -2.35. The van der Waals surface area contributed by atoms with Gasteiger partial charge in [0.05, 0.1) is 12.7 Å². The number of hydrogen-bond acceptors (Lipinski definition) is 3. The molecule has 3 atom stereocenters. The third-order valence-corrected chi connectivity index (χ3v) is 4.64. The summed E-state index contributed by atoms with van der Waals surface area (Å²) in [6.45, 7) is 0.777. The van der Waals surface area contributed by atoms with Crippen molar-refractivity contribution >= 4 is 11.0 Å². The maximum Gasteiger partial charge on any atom is 0.232 e. The van der Waals surface area contributed by atoms with Crippen molar-refractivity contribution < 1.29 is 13.9 Å². The molecular weight excluding hydrogens is 228 g/mol. The summed E-state index contributed by atoms with van der Waals surface area (Å²) < 4.78 is 18.2. The topological polar surface area (TPSA) is 31.6 Å². The van der Waals surface area contributed by atoms with E-state index >= 15 is 0 Å². The van der Waals surface area contributed by atoms with Crippen molar-refractivity contribution in [1.29, 1.82) is 0 Å². The van der Waals surface area contributed by atoms with Crippen LogP contribution in [-0.4, -0.2) is 6.61 Å². The summed E-state index contributed by atoms with van der Waals surface area (Å²) >= 11 is 0. The van der Waals surface area contributed by atoms with Crippen LogP contribution in [-0.2, 0) is 15.3 Å². The Morgan fingerprint density at radius 3 is 3.17 bits per heavy atom. The molecule has 2 fully saturated rings. The second kappa shape index (κ2) is 2.98. The van der Waals surface area contributed by atoms with Gasteiger partial charge in [-0.15, -0.1) is 0 Å². The standard InChI is InChI=1S/C15H14O3/c1-2-6-11-10(5-1)13-12-8-9-4-3-7-16-15(9,18-12)14(13)17-11/h1-2,5-6,9,12H,3-4,7-8H2/t9-,12-,15+/m0/s1. The van der Waals surface area contributed by atoms with E-state index in [1.165, 1.54) is 17.4 Å². The van der Waals surface area contributed by atoms with E-state index in [-0.39, 0.29) is 6.10 Å². The predicted molar refractivity (Wildman–Crippen MR) is 65.0 cm³/mol. The van der Waals surface area contributed by atoms with Crippen LogP contribution < -0.4 is 0 Å². The minimum atomic E-state index is -0.558. The molecule has 3 aliphatic heterocycles. The highest BCUT2D eigenvalue weighted by molar-refractivity contribution is 5.83. The Bertz CT molecular complexity index is 644. The van der Waals surface area contributed by atoms with E-state index in [2.05, 4.69) is 12.1 Å². The number of para-hydroxylation sites is 1. The molecule has 0 saturated carbocycles. The second-order valence-corrected chi connectivity index (χ2v) is 5.54. The number of ether oxygens (including phenoxy) is 2. The van der Waals surface area contributed by atoms with Gasteiger partial charge < -0.3 is 13.9 Å². The van der Waals surface area contributed by atoms with Crippen LogP contribution in [0, 0.1) is 5.92 Å². The summed E-state index contributed by atoms with van der Waals surface area (Å²) in [7, 11) is 0. The predicted octanol–water partition coefficient (Wildman–Crippen LogP) is 3.49. The van der Waals surface area contributed by atoms with Crippen molar-refractivity contribution in [3.63, 3.8) is 0 Å². The second-order valence-electron chi connectivity index (χ2n) is 5.54. The maximum absolute atomic E-state index is 6.17. The fourth-order valence-electron chi connectivity index (χ4n) is 3.91. The molecular formula is C15H14O3. The van der Waals surface area contributed by atoms with Gasteiger partial charge in [0.2, 0.25) is 5.79 Å². The third kappa shape index (κ3) is 0.919. The molecule has 5 rings (SSSR count). The average molecular weight is 242 g/mol.